The quantitative estimate of drug-likeness (QED) is 0.647. The lowest BCUT2D eigenvalue weighted by Gasteiger charge is -2.28. The molecule has 3 rings (SSSR count). The smallest absolute Gasteiger partial charge is 0.394 e. The van der Waals surface area contributed by atoms with Crippen molar-refractivity contribution in [1.82, 2.24) is 15.2 Å². The third kappa shape index (κ3) is 4.04. The number of nitrogens with one attached hydrogen (secondary N) is 1. The number of aromatic nitrogens is 1. The van der Waals surface area contributed by atoms with Crippen LogP contribution < -0.4 is 5.32 Å². The van der Waals surface area contributed by atoms with Crippen molar-refractivity contribution < 1.29 is 31.5 Å². The Morgan fingerprint density at radius 1 is 1.55 bits per heavy atom. The lowest BCUT2D eigenvalue weighted by Crippen LogP contribution is -2.41. The predicted octanol–water partition coefficient (Wildman–Crippen LogP) is -0.172. The van der Waals surface area contributed by atoms with Crippen LogP contribution in [0.5, 0.6) is 0 Å². The molecular weight excluding hydrogens is 318 g/mol. The van der Waals surface area contributed by atoms with Crippen LogP contribution in [-0.2, 0) is 15.1 Å². The molecule has 2 aliphatic heterocycles. The molecule has 1 aromatic heterocycles. The number of carbonyl (C=O) groups is 1. The molecule has 3 heterocycles. The number of hydrogen-bond donors (Lipinski definition) is 3. The van der Waals surface area contributed by atoms with Gasteiger partial charge in [0.05, 0.1) is 24.9 Å². The number of carbonyl (C=O) groups excluding carboxylic acids is 1. The average Bonchev–Trinajstić information content (AvgIpc) is 3.01. The van der Waals surface area contributed by atoms with E-state index >= 15 is 0 Å². The molecule has 0 spiro atoms. The molecule has 1 fully saturated rings. The lowest BCUT2D eigenvalue weighted by molar-refractivity contribution is 0.133. The van der Waals surface area contributed by atoms with Crippen LogP contribution in [-0.4, -0.2) is 65.8 Å². The monoisotopic (exact) mass is 333 g/mol. The highest BCUT2D eigenvalue weighted by molar-refractivity contribution is 7.79. The maximum absolute atomic E-state index is 11.7. The molecular formula is C11H15N3O7S. The Balaban J connectivity index is 0.000000309. The molecule has 0 aliphatic carbocycles. The van der Waals surface area contributed by atoms with E-state index in [-0.39, 0.29) is 18.1 Å². The van der Waals surface area contributed by atoms with Crippen molar-refractivity contribution >= 4 is 22.0 Å². The minimum atomic E-state index is -4.67. The molecule has 0 aromatic carbocycles. The van der Waals surface area contributed by atoms with Gasteiger partial charge in [-0.3, -0.25) is 9.11 Å². The van der Waals surface area contributed by atoms with Crippen LogP contribution in [0.2, 0.25) is 0 Å². The number of methoxy groups -OCH3 is 1. The molecule has 1 aromatic rings. The first kappa shape index (κ1) is 16.4. The summed E-state index contributed by atoms with van der Waals surface area (Å²) in [5, 5.41) is 2.92. The van der Waals surface area contributed by atoms with Crippen molar-refractivity contribution in [3.05, 3.63) is 24.4 Å². The highest BCUT2D eigenvalue weighted by Gasteiger charge is 2.40. The third-order valence-corrected chi connectivity index (χ3v) is 3.14. The number of rotatable bonds is 3. The number of urea groups is 1. The topological polar surface area (TPSA) is 142 Å². The summed E-state index contributed by atoms with van der Waals surface area (Å²) in [6.07, 6.45) is 5.07. The summed E-state index contributed by atoms with van der Waals surface area (Å²) in [7, 11) is -3.04. The molecule has 22 heavy (non-hydrogen) atoms. The van der Waals surface area contributed by atoms with Gasteiger partial charge in [-0.05, 0) is 0 Å². The van der Waals surface area contributed by atoms with Crippen LogP contribution in [0.25, 0.3) is 5.57 Å². The summed E-state index contributed by atoms with van der Waals surface area (Å²) in [6, 6.07) is -0.106. The van der Waals surface area contributed by atoms with E-state index in [1.807, 2.05) is 6.08 Å². The van der Waals surface area contributed by atoms with Crippen LogP contribution in [0.1, 0.15) is 5.76 Å². The Kier molecular flexibility index (Phi) is 4.81. The molecule has 0 saturated carbocycles. The Labute approximate surface area is 126 Å². The second-order valence-electron chi connectivity index (χ2n) is 4.61. The van der Waals surface area contributed by atoms with Crippen LogP contribution in [0.4, 0.5) is 4.79 Å². The molecule has 122 valence electrons. The van der Waals surface area contributed by atoms with Gasteiger partial charge in [-0.25, -0.2) is 9.78 Å². The van der Waals surface area contributed by atoms with Crippen molar-refractivity contribution in [2.24, 2.45) is 0 Å². The molecule has 1 saturated heterocycles. The molecule has 2 atom stereocenters. The van der Waals surface area contributed by atoms with E-state index in [4.69, 9.17) is 26.7 Å². The van der Waals surface area contributed by atoms with Gasteiger partial charge >= 0.3 is 16.4 Å². The first-order chi connectivity index (χ1) is 10.3. The fourth-order valence-corrected chi connectivity index (χ4v) is 2.35. The Morgan fingerprint density at radius 2 is 2.23 bits per heavy atom. The maximum Gasteiger partial charge on any atom is 0.394 e. The summed E-state index contributed by atoms with van der Waals surface area (Å²) in [5.74, 6) is 0.706. The van der Waals surface area contributed by atoms with E-state index in [1.165, 1.54) is 6.39 Å². The molecule has 0 radical (unpaired) electrons. The summed E-state index contributed by atoms with van der Waals surface area (Å²) < 4.78 is 42.0. The standard InChI is InChI=1S/C11H13N3O3.H2O4S/c1-16-5-7-2-8(10-3-12-6-17-10)9-4-14(7)11(15)13-9;1-5(2,3)4/h2-3,6-7,9H,4-5H2,1H3,(H,13,15);(H2,1,2,3,4). The summed E-state index contributed by atoms with van der Waals surface area (Å²) in [4.78, 5) is 17.4. The summed E-state index contributed by atoms with van der Waals surface area (Å²) >= 11 is 0. The number of hydrogen-bond acceptors (Lipinski definition) is 6. The third-order valence-electron chi connectivity index (χ3n) is 3.14. The summed E-state index contributed by atoms with van der Waals surface area (Å²) in [5.41, 5.74) is 0.978. The Bertz CT molecular complexity index is 647. The zero-order chi connectivity index (χ0) is 16.3. The number of oxazole rings is 1. The van der Waals surface area contributed by atoms with E-state index < -0.39 is 10.4 Å². The number of fused-ring (bicyclic) bond motifs is 2. The molecule has 10 nitrogen and oxygen atoms in total. The van der Waals surface area contributed by atoms with E-state index in [2.05, 4.69) is 10.3 Å². The van der Waals surface area contributed by atoms with Crippen molar-refractivity contribution in [1.29, 1.82) is 0 Å². The second-order valence-corrected chi connectivity index (χ2v) is 5.51. The lowest BCUT2D eigenvalue weighted by atomic mass is 9.98. The zero-order valence-corrected chi connectivity index (χ0v) is 12.4. The molecule has 2 bridgehead atoms. The SMILES string of the molecule is COCC1C=C(c2cnco2)C2CN1C(=O)N2.O=S(=O)(O)O. The van der Waals surface area contributed by atoms with E-state index in [0.29, 0.717) is 18.9 Å². The molecule has 2 aliphatic rings. The summed E-state index contributed by atoms with van der Waals surface area (Å²) in [6.45, 7) is 1.14. The molecule has 2 unspecified atom stereocenters. The van der Waals surface area contributed by atoms with Gasteiger partial charge in [0.2, 0.25) is 0 Å². The van der Waals surface area contributed by atoms with Gasteiger partial charge in [0, 0.05) is 19.2 Å². The van der Waals surface area contributed by atoms with E-state index in [0.717, 1.165) is 5.57 Å². The minimum Gasteiger partial charge on any atom is -0.444 e. The van der Waals surface area contributed by atoms with Gasteiger partial charge in [0.15, 0.2) is 12.2 Å². The largest absolute Gasteiger partial charge is 0.444 e. The van der Waals surface area contributed by atoms with E-state index in [9.17, 15) is 4.79 Å². The predicted molar refractivity (Wildman–Crippen MR) is 73.3 cm³/mol. The van der Waals surface area contributed by atoms with Gasteiger partial charge in [-0.2, -0.15) is 8.42 Å². The number of nitrogens with zero attached hydrogens (tertiary/aromatic N) is 2. The molecule has 11 heteroatoms. The van der Waals surface area contributed by atoms with Crippen molar-refractivity contribution in [3.8, 4) is 0 Å². The fraction of sp³-hybridized carbons (Fsp3) is 0.455. The minimum absolute atomic E-state index is 0.0106. The Hall–Kier alpha value is -1.95. The maximum atomic E-state index is 11.7. The number of amides is 2. The van der Waals surface area contributed by atoms with Crippen LogP contribution in [0.15, 0.2) is 23.1 Å². The normalized spacial score (nSPS) is 23.5. The Morgan fingerprint density at radius 3 is 2.77 bits per heavy atom. The number of ether oxygens (including phenoxy) is 1. The average molecular weight is 333 g/mol. The van der Waals surface area contributed by atoms with Crippen LogP contribution in [0.3, 0.4) is 0 Å². The molecule has 2 amide bonds. The van der Waals surface area contributed by atoms with Gasteiger partial charge in [-0.15, -0.1) is 0 Å². The van der Waals surface area contributed by atoms with Crippen LogP contribution >= 0.6 is 0 Å². The van der Waals surface area contributed by atoms with Crippen molar-refractivity contribution in [2.45, 2.75) is 12.1 Å². The second kappa shape index (κ2) is 6.44. The van der Waals surface area contributed by atoms with Gasteiger partial charge in [0.25, 0.3) is 0 Å². The van der Waals surface area contributed by atoms with Gasteiger partial charge in [0.1, 0.15) is 0 Å². The highest BCUT2D eigenvalue weighted by atomic mass is 32.3. The van der Waals surface area contributed by atoms with Crippen molar-refractivity contribution in [3.63, 3.8) is 0 Å². The van der Waals surface area contributed by atoms with E-state index in [1.54, 1.807) is 18.2 Å². The molecule has 3 N–H and O–H groups in total. The fourth-order valence-electron chi connectivity index (χ4n) is 2.35. The first-order valence-corrected chi connectivity index (χ1v) is 7.56. The first-order valence-electron chi connectivity index (χ1n) is 6.16. The van der Waals surface area contributed by atoms with Gasteiger partial charge < -0.3 is 19.4 Å². The zero-order valence-electron chi connectivity index (χ0n) is 11.5. The van der Waals surface area contributed by atoms with Crippen molar-refractivity contribution in [2.75, 3.05) is 20.3 Å². The van der Waals surface area contributed by atoms with Gasteiger partial charge in [-0.1, -0.05) is 6.08 Å². The highest BCUT2D eigenvalue weighted by Crippen LogP contribution is 2.29. The van der Waals surface area contributed by atoms with Crippen LogP contribution in [0, 0.1) is 0 Å².